The van der Waals surface area contributed by atoms with Gasteiger partial charge < -0.3 is 25.2 Å². The molecule has 0 amide bonds. The molecule has 4 N–H and O–H groups in total. The van der Waals surface area contributed by atoms with E-state index in [0.29, 0.717) is 23.5 Å². The number of benzene rings is 2. The SMILES string of the molecule is COc1ccccc1CCC(=O)Oc1ccc(COP(=O)(O)OC[C@H](N)C(=O)O)cc1. The lowest BCUT2D eigenvalue weighted by Gasteiger charge is -2.14. The standard InChI is InChI=1S/C20H24NO9P/c1-27-18-5-3-2-4-15(18)8-11-19(22)30-16-9-6-14(7-10-16)12-28-31(25,26)29-13-17(21)20(23)24/h2-7,9-10,17H,8,11-13,21H2,1H3,(H,23,24)(H,25,26)/t17-/m0/s1. The molecule has 31 heavy (non-hydrogen) atoms. The highest BCUT2D eigenvalue weighted by atomic mass is 31.2. The molecular weight excluding hydrogens is 429 g/mol. The van der Waals surface area contributed by atoms with Crippen LogP contribution in [0, 0.1) is 0 Å². The first-order valence-corrected chi connectivity index (χ1v) is 10.7. The van der Waals surface area contributed by atoms with Crippen LogP contribution >= 0.6 is 7.82 Å². The van der Waals surface area contributed by atoms with Crippen molar-refractivity contribution in [2.45, 2.75) is 25.5 Å². The third-order valence-corrected chi connectivity index (χ3v) is 5.01. The molecule has 10 nitrogen and oxygen atoms in total. The highest BCUT2D eigenvalue weighted by Gasteiger charge is 2.24. The monoisotopic (exact) mass is 453 g/mol. The van der Waals surface area contributed by atoms with Gasteiger partial charge >= 0.3 is 19.8 Å². The summed E-state index contributed by atoms with van der Waals surface area (Å²) in [5.41, 5.74) is 6.60. The summed E-state index contributed by atoms with van der Waals surface area (Å²) >= 11 is 0. The van der Waals surface area contributed by atoms with E-state index in [4.69, 9.17) is 24.8 Å². The van der Waals surface area contributed by atoms with E-state index in [0.717, 1.165) is 5.56 Å². The zero-order chi connectivity index (χ0) is 22.9. The van der Waals surface area contributed by atoms with E-state index in [2.05, 4.69) is 4.52 Å². The Balaban J connectivity index is 1.80. The number of nitrogens with two attached hydrogens (primary N) is 1. The number of methoxy groups -OCH3 is 1. The molecule has 0 fully saturated rings. The minimum absolute atomic E-state index is 0.161. The number of carboxylic acid groups (broad SMARTS) is 1. The Morgan fingerprint density at radius 1 is 1.10 bits per heavy atom. The maximum Gasteiger partial charge on any atom is 0.472 e. The molecule has 2 aromatic rings. The van der Waals surface area contributed by atoms with Crippen LogP contribution in [0.25, 0.3) is 0 Å². The molecule has 2 atom stereocenters. The first-order chi connectivity index (χ1) is 14.7. The highest BCUT2D eigenvalue weighted by Crippen LogP contribution is 2.44. The van der Waals surface area contributed by atoms with Gasteiger partial charge in [0, 0.05) is 0 Å². The Labute approximate surface area is 179 Å². The Morgan fingerprint density at radius 2 is 1.77 bits per heavy atom. The molecule has 0 radical (unpaired) electrons. The molecule has 0 saturated heterocycles. The van der Waals surface area contributed by atoms with Gasteiger partial charge in [-0.2, -0.15) is 0 Å². The van der Waals surface area contributed by atoms with E-state index in [1.807, 2.05) is 24.3 Å². The van der Waals surface area contributed by atoms with Crippen molar-refractivity contribution in [3.8, 4) is 11.5 Å². The Kier molecular flexibility index (Phi) is 9.17. The van der Waals surface area contributed by atoms with E-state index in [9.17, 15) is 19.0 Å². The molecule has 168 valence electrons. The fourth-order valence-corrected chi connectivity index (χ4v) is 3.16. The smallest absolute Gasteiger partial charge is 0.472 e. The summed E-state index contributed by atoms with van der Waals surface area (Å²) in [6, 6.07) is 12.1. The lowest BCUT2D eigenvalue weighted by Crippen LogP contribution is -2.34. The second-order valence-electron chi connectivity index (χ2n) is 6.41. The molecule has 0 aliphatic heterocycles. The number of aliphatic carboxylic acids is 1. The number of esters is 1. The quantitative estimate of drug-likeness (QED) is 0.248. The summed E-state index contributed by atoms with van der Waals surface area (Å²) in [5, 5.41) is 8.63. The molecule has 0 aromatic heterocycles. The Morgan fingerprint density at radius 3 is 2.42 bits per heavy atom. The number of phosphoric ester groups is 1. The third kappa shape index (κ3) is 8.49. The lowest BCUT2D eigenvalue weighted by atomic mass is 10.1. The third-order valence-electron chi connectivity index (χ3n) is 4.07. The predicted molar refractivity (Wildman–Crippen MR) is 110 cm³/mol. The second kappa shape index (κ2) is 11.6. The van der Waals surface area contributed by atoms with E-state index >= 15 is 0 Å². The molecule has 0 aliphatic rings. The Bertz CT molecular complexity index is 933. The minimum atomic E-state index is -4.47. The van der Waals surface area contributed by atoms with Crippen molar-refractivity contribution in [2.24, 2.45) is 5.73 Å². The van der Waals surface area contributed by atoms with Crippen LogP contribution < -0.4 is 15.2 Å². The van der Waals surface area contributed by atoms with Crippen LogP contribution in [0.5, 0.6) is 11.5 Å². The van der Waals surface area contributed by atoms with Crippen LogP contribution in [-0.2, 0) is 36.2 Å². The van der Waals surface area contributed by atoms with E-state index < -0.39 is 32.4 Å². The van der Waals surface area contributed by atoms with E-state index in [1.54, 1.807) is 19.2 Å². The topological polar surface area (TPSA) is 155 Å². The number of carbonyl (C=O) groups excluding carboxylic acids is 1. The number of aryl methyl sites for hydroxylation is 1. The van der Waals surface area contributed by atoms with Crippen molar-refractivity contribution >= 4 is 19.8 Å². The van der Waals surface area contributed by atoms with Crippen molar-refractivity contribution in [3.05, 3.63) is 59.7 Å². The summed E-state index contributed by atoms with van der Waals surface area (Å²) in [6.07, 6.45) is 0.626. The van der Waals surface area contributed by atoms with Crippen LogP contribution in [0.15, 0.2) is 48.5 Å². The second-order valence-corrected chi connectivity index (χ2v) is 7.87. The normalized spacial score (nSPS) is 13.8. The van der Waals surface area contributed by atoms with Crippen LogP contribution in [0.1, 0.15) is 17.5 Å². The number of rotatable bonds is 12. The lowest BCUT2D eigenvalue weighted by molar-refractivity contribution is -0.139. The number of hydrogen-bond acceptors (Lipinski definition) is 8. The van der Waals surface area contributed by atoms with Crippen molar-refractivity contribution in [1.82, 2.24) is 0 Å². The van der Waals surface area contributed by atoms with Gasteiger partial charge in [0.25, 0.3) is 0 Å². The van der Waals surface area contributed by atoms with Gasteiger partial charge in [-0.05, 0) is 35.7 Å². The van der Waals surface area contributed by atoms with Crippen LogP contribution in [-0.4, -0.2) is 41.7 Å². The number of phosphoric acid groups is 1. The average Bonchev–Trinajstić information content (AvgIpc) is 2.75. The fourth-order valence-electron chi connectivity index (χ4n) is 2.42. The molecule has 0 saturated carbocycles. The van der Waals surface area contributed by atoms with Gasteiger partial charge in [-0.15, -0.1) is 0 Å². The number of carbonyl (C=O) groups is 2. The molecule has 11 heteroatoms. The Hall–Kier alpha value is -2.75. The zero-order valence-corrected chi connectivity index (χ0v) is 17.7. The van der Waals surface area contributed by atoms with Gasteiger partial charge in [-0.3, -0.25) is 18.6 Å². The summed E-state index contributed by atoms with van der Waals surface area (Å²) in [4.78, 5) is 32.2. The van der Waals surface area contributed by atoms with Crippen LogP contribution in [0.2, 0.25) is 0 Å². The van der Waals surface area contributed by atoms with E-state index in [1.165, 1.54) is 12.1 Å². The largest absolute Gasteiger partial charge is 0.496 e. The molecular formula is C20H24NO9P. The van der Waals surface area contributed by atoms with Gasteiger partial charge in [0.05, 0.1) is 26.7 Å². The molecule has 0 bridgehead atoms. The minimum Gasteiger partial charge on any atom is -0.496 e. The molecule has 0 aliphatic carbocycles. The van der Waals surface area contributed by atoms with Gasteiger partial charge in [-0.25, -0.2) is 4.57 Å². The first-order valence-electron chi connectivity index (χ1n) is 9.22. The van der Waals surface area contributed by atoms with Crippen LogP contribution in [0.3, 0.4) is 0 Å². The summed E-state index contributed by atoms with van der Waals surface area (Å²) < 4.78 is 31.6. The molecule has 2 aromatic carbocycles. The van der Waals surface area contributed by atoms with Gasteiger partial charge in [-0.1, -0.05) is 30.3 Å². The molecule has 2 rings (SSSR count). The number of hydrogen-bond donors (Lipinski definition) is 3. The summed E-state index contributed by atoms with van der Waals surface area (Å²) in [6.45, 7) is -0.953. The van der Waals surface area contributed by atoms with E-state index in [-0.39, 0.29) is 13.0 Å². The summed E-state index contributed by atoms with van der Waals surface area (Å²) in [7, 11) is -2.91. The zero-order valence-electron chi connectivity index (χ0n) is 16.8. The van der Waals surface area contributed by atoms with Crippen molar-refractivity contribution < 1.29 is 42.7 Å². The van der Waals surface area contributed by atoms with Crippen LogP contribution in [0.4, 0.5) is 0 Å². The molecule has 1 unspecified atom stereocenters. The number of para-hydroxylation sites is 1. The highest BCUT2D eigenvalue weighted by molar-refractivity contribution is 7.47. The fraction of sp³-hybridized carbons (Fsp3) is 0.300. The number of carboxylic acids is 1. The molecule has 0 heterocycles. The maximum atomic E-state index is 12.1. The van der Waals surface area contributed by atoms with Gasteiger partial charge in [0.2, 0.25) is 0 Å². The summed E-state index contributed by atoms with van der Waals surface area (Å²) in [5.74, 6) is -0.773. The maximum absolute atomic E-state index is 12.1. The van der Waals surface area contributed by atoms with Crippen molar-refractivity contribution in [1.29, 1.82) is 0 Å². The van der Waals surface area contributed by atoms with Gasteiger partial charge in [0.15, 0.2) is 0 Å². The van der Waals surface area contributed by atoms with Gasteiger partial charge in [0.1, 0.15) is 17.5 Å². The predicted octanol–water partition coefficient (Wildman–Crippen LogP) is 2.28. The first kappa shape index (κ1) is 24.5. The van der Waals surface area contributed by atoms with Crippen molar-refractivity contribution in [3.63, 3.8) is 0 Å². The average molecular weight is 453 g/mol. The number of ether oxygens (including phenoxy) is 2. The van der Waals surface area contributed by atoms with Crippen molar-refractivity contribution in [2.75, 3.05) is 13.7 Å². The molecule has 0 spiro atoms.